The van der Waals surface area contributed by atoms with E-state index in [0.717, 1.165) is 70.6 Å². The topological polar surface area (TPSA) is 78.9 Å². The fourth-order valence-electron chi connectivity index (χ4n) is 6.80. The standard InChI is InChI=1S/C61H96O6/c1-4-7-10-13-16-19-22-25-27-29-30-32-33-36-39-42-45-48-51-54-60(63)66-57-58(56-65-59(62)53-50-47-44-41-38-35-24-21-18-15-12-9-6-3)67-61(64)55-52-49-46-43-40-37-34-31-28-26-23-20-17-14-11-8-5-2/h7,10,13,16-17,19-20,22,25-30,32-33,35-36,38-39,44,47,58H,4-6,8-9,11-12,14-15,18,21,23-24,31,34,37,40-43,45-46,48-57H2,1-3H3/b10-7-,16-13-,20-17-,22-19-,27-25-,28-26-,30-29+,33-32-,38-35-,39-36-,47-44-. The summed E-state index contributed by atoms with van der Waals surface area (Å²) in [4.78, 5) is 38.0. The lowest BCUT2D eigenvalue weighted by Gasteiger charge is -2.18. The molecule has 6 heteroatoms. The van der Waals surface area contributed by atoms with Crippen LogP contribution in [0, 0.1) is 0 Å². The summed E-state index contributed by atoms with van der Waals surface area (Å²) in [5.74, 6) is -1.05. The Balaban J connectivity index is 4.58. The molecule has 0 aromatic carbocycles. The van der Waals surface area contributed by atoms with Crippen molar-refractivity contribution >= 4 is 17.9 Å². The third kappa shape index (κ3) is 52.4. The van der Waals surface area contributed by atoms with Gasteiger partial charge >= 0.3 is 17.9 Å². The molecule has 0 saturated carbocycles. The summed E-state index contributed by atoms with van der Waals surface area (Å²) in [5, 5.41) is 0. The van der Waals surface area contributed by atoms with E-state index < -0.39 is 6.10 Å². The molecule has 0 aliphatic carbocycles. The molecule has 0 fully saturated rings. The number of ether oxygens (including phenoxy) is 3. The van der Waals surface area contributed by atoms with Gasteiger partial charge in [0.25, 0.3) is 0 Å². The van der Waals surface area contributed by atoms with E-state index in [0.29, 0.717) is 19.3 Å². The van der Waals surface area contributed by atoms with Crippen LogP contribution in [0.5, 0.6) is 0 Å². The zero-order chi connectivity index (χ0) is 48.6. The molecule has 0 saturated heterocycles. The van der Waals surface area contributed by atoms with E-state index in [2.05, 4.69) is 75.5 Å². The van der Waals surface area contributed by atoms with Crippen molar-refractivity contribution in [1.29, 1.82) is 0 Å². The molecule has 376 valence electrons. The lowest BCUT2D eigenvalue weighted by molar-refractivity contribution is -0.166. The third-order valence-corrected chi connectivity index (χ3v) is 10.8. The van der Waals surface area contributed by atoms with E-state index in [1.165, 1.54) is 89.9 Å². The van der Waals surface area contributed by atoms with Crippen LogP contribution in [0.2, 0.25) is 0 Å². The van der Waals surface area contributed by atoms with Gasteiger partial charge in [-0.2, -0.15) is 0 Å². The lowest BCUT2D eigenvalue weighted by atomic mass is 10.1. The number of hydrogen-bond donors (Lipinski definition) is 0. The van der Waals surface area contributed by atoms with Crippen LogP contribution in [-0.2, 0) is 28.6 Å². The SMILES string of the molecule is CC\C=C/C=C\C=C/C=C\C=C\C=C/C=C\CCCCCC(=O)OCC(COC(=O)CC/C=C\C/C=C\CCCCCCCC)OC(=O)CCCCCCCCC/C=C\C/C=C\CCCCC. The van der Waals surface area contributed by atoms with Crippen LogP contribution in [0.15, 0.2) is 134 Å². The van der Waals surface area contributed by atoms with E-state index in [1.807, 2.05) is 79.0 Å². The van der Waals surface area contributed by atoms with Gasteiger partial charge in [-0.1, -0.05) is 238 Å². The van der Waals surface area contributed by atoms with Gasteiger partial charge in [0.05, 0.1) is 0 Å². The highest BCUT2D eigenvalue weighted by Gasteiger charge is 2.19. The van der Waals surface area contributed by atoms with Crippen LogP contribution in [0.1, 0.15) is 213 Å². The molecule has 6 nitrogen and oxygen atoms in total. The summed E-state index contributed by atoms with van der Waals surface area (Å²) < 4.78 is 16.7. The average molecular weight is 925 g/mol. The molecule has 0 bridgehead atoms. The number of esters is 3. The van der Waals surface area contributed by atoms with Crippen molar-refractivity contribution in [3.63, 3.8) is 0 Å². The van der Waals surface area contributed by atoms with E-state index in [-0.39, 0.29) is 44.0 Å². The molecule has 0 heterocycles. The maximum Gasteiger partial charge on any atom is 0.306 e. The van der Waals surface area contributed by atoms with Gasteiger partial charge in [-0.3, -0.25) is 14.4 Å². The van der Waals surface area contributed by atoms with E-state index in [1.54, 1.807) is 0 Å². The maximum absolute atomic E-state index is 12.8. The van der Waals surface area contributed by atoms with Gasteiger partial charge in [0.2, 0.25) is 0 Å². The number of hydrogen-bond acceptors (Lipinski definition) is 6. The summed E-state index contributed by atoms with van der Waals surface area (Å²) in [7, 11) is 0. The smallest absolute Gasteiger partial charge is 0.306 e. The first-order valence-electron chi connectivity index (χ1n) is 26.8. The average Bonchev–Trinajstić information content (AvgIpc) is 3.33. The molecule has 0 radical (unpaired) electrons. The molecule has 0 rings (SSSR count). The molecular weight excluding hydrogens is 829 g/mol. The monoisotopic (exact) mass is 925 g/mol. The predicted octanol–water partition coefficient (Wildman–Crippen LogP) is 17.9. The number of rotatable bonds is 46. The molecule has 0 spiro atoms. The summed E-state index contributed by atoms with van der Waals surface area (Å²) >= 11 is 0. The number of carbonyl (C=O) groups excluding carboxylic acids is 3. The normalized spacial score (nSPS) is 13.2. The molecule has 67 heavy (non-hydrogen) atoms. The van der Waals surface area contributed by atoms with Gasteiger partial charge in [-0.25, -0.2) is 0 Å². The summed E-state index contributed by atoms with van der Waals surface area (Å²) in [6.07, 6.45) is 75.8. The highest BCUT2D eigenvalue weighted by Crippen LogP contribution is 2.13. The molecule has 1 unspecified atom stereocenters. The highest BCUT2D eigenvalue weighted by atomic mass is 16.6. The van der Waals surface area contributed by atoms with Crippen molar-refractivity contribution in [3.8, 4) is 0 Å². The minimum Gasteiger partial charge on any atom is -0.462 e. The van der Waals surface area contributed by atoms with Gasteiger partial charge in [0, 0.05) is 19.3 Å². The minimum absolute atomic E-state index is 0.127. The molecule has 0 amide bonds. The Morgan fingerprint density at radius 2 is 0.672 bits per heavy atom. The van der Waals surface area contributed by atoms with Gasteiger partial charge in [0.15, 0.2) is 6.10 Å². The first-order chi connectivity index (χ1) is 33.0. The molecule has 0 aliphatic rings. The summed E-state index contributed by atoms with van der Waals surface area (Å²) in [6, 6.07) is 0. The summed E-state index contributed by atoms with van der Waals surface area (Å²) in [5.41, 5.74) is 0. The van der Waals surface area contributed by atoms with Crippen molar-refractivity contribution < 1.29 is 28.6 Å². The molecule has 0 N–H and O–H groups in total. The Hall–Kier alpha value is -4.45. The van der Waals surface area contributed by atoms with Crippen molar-refractivity contribution in [1.82, 2.24) is 0 Å². The fraction of sp³-hybridized carbons (Fsp3) is 0.590. The van der Waals surface area contributed by atoms with Crippen LogP contribution < -0.4 is 0 Å². The van der Waals surface area contributed by atoms with Crippen molar-refractivity contribution in [2.45, 2.75) is 219 Å². The van der Waals surface area contributed by atoms with Gasteiger partial charge in [-0.05, 0) is 89.9 Å². The zero-order valence-corrected chi connectivity index (χ0v) is 42.9. The van der Waals surface area contributed by atoms with E-state index >= 15 is 0 Å². The number of carbonyl (C=O) groups is 3. The van der Waals surface area contributed by atoms with Crippen molar-refractivity contribution in [2.24, 2.45) is 0 Å². The Labute approximate surface area is 411 Å². The second-order valence-corrected chi connectivity index (χ2v) is 17.2. The lowest BCUT2D eigenvalue weighted by Crippen LogP contribution is -2.30. The van der Waals surface area contributed by atoms with E-state index in [9.17, 15) is 14.4 Å². The van der Waals surface area contributed by atoms with Gasteiger partial charge < -0.3 is 14.2 Å². The Morgan fingerprint density at radius 3 is 1.16 bits per heavy atom. The van der Waals surface area contributed by atoms with Crippen LogP contribution in [0.25, 0.3) is 0 Å². The second-order valence-electron chi connectivity index (χ2n) is 17.2. The molecule has 1 atom stereocenters. The highest BCUT2D eigenvalue weighted by molar-refractivity contribution is 5.71. The van der Waals surface area contributed by atoms with Crippen molar-refractivity contribution in [2.75, 3.05) is 13.2 Å². The van der Waals surface area contributed by atoms with Crippen LogP contribution in [0.4, 0.5) is 0 Å². The third-order valence-electron chi connectivity index (χ3n) is 10.8. The maximum atomic E-state index is 12.8. The molecule has 0 aromatic rings. The Kier molecular flexibility index (Phi) is 50.6. The largest absolute Gasteiger partial charge is 0.462 e. The first-order valence-corrected chi connectivity index (χ1v) is 26.8. The zero-order valence-electron chi connectivity index (χ0n) is 42.9. The van der Waals surface area contributed by atoms with Crippen LogP contribution in [-0.4, -0.2) is 37.2 Å². The molecule has 0 aromatic heterocycles. The quantitative estimate of drug-likeness (QED) is 0.0199. The number of allylic oxidation sites excluding steroid dienone is 22. The predicted molar refractivity (Wildman–Crippen MR) is 288 cm³/mol. The van der Waals surface area contributed by atoms with Crippen LogP contribution in [0.3, 0.4) is 0 Å². The molecular formula is C61H96O6. The minimum atomic E-state index is -0.829. The number of unbranched alkanes of at least 4 members (excludes halogenated alkanes) is 19. The van der Waals surface area contributed by atoms with Crippen LogP contribution >= 0.6 is 0 Å². The fourth-order valence-corrected chi connectivity index (χ4v) is 6.80. The summed E-state index contributed by atoms with van der Waals surface area (Å²) in [6.45, 7) is 6.34. The van der Waals surface area contributed by atoms with Crippen molar-refractivity contribution in [3.05, 3.63) is 134 Å². The first kappa shape index (κ1) is 62.5. The molecule has 0 aliphatic heterocycles. The second kappa shape index (κ2) is 54.2. The van der Waals surface area contributed by atoms with Gasteiger partial charge in [0.1, 0.15) is 13.2 Å². The Bertz CT molecular complexity index is 1480. The van der Waals surface area contributed by atoms with Gasteiger partial charge in [-0.15, -0.1) is 0 Å². The Morgan fingerprint density at radius 1 is 0.328 bits per heavy atom. The van der Waals surface area contributed by atoms with E-state index in [4.69, 9.17) is 14.2 Å².